The van der Waals surface area contributed by atoms with Crippen molar-refractivity contribution in [2.75, 3.05) is 6.54 Å². The van der Waals surface area contributed by atoms with Crippen LogP contribution in [-0.2, 0) is 25.5 Å². The summed E-state index contributed by atoms with van der Waals surface area (Å²) >= 11 is 0. The first-order valence-electron chi connectivity index (χ1n) is 14.1. The molecule has 0 aliphatic heterocycles. The van der Waals surface area contributed by atoms with Crippen molar-refractivity contribution >= 4 is 23.8 Å². The summed E-state index contributed by atoms with van der Waals surface area (Å²) in [5.74, 6) is -1.66. The second kappa shape index (κ2) is 15.5. The van der Waals surface area contributed by atoms with Gasteiger partial charge in [-0.15, -0.1) is 0 Å². The molecule has 0 aliphatic carbocycles. The third-order valence-electron chi connectivity index (χ3n) is 5.94. The Labute approximate surface area is 234 Å². The number of carbonyl (C=O) groups excluding carboxylic acids is 4. The van der Waals surface area contributed by atoms with Gasteiger partial charge in [0.2, 0.25) is 17.7 Å². The maximum absolute atomic E-state index is 14.1. The number of nitrogens with zero attached hydrogens (tertiary/aromatic N) is 1. The van der Waals surface area contributed by atoms with Crippen LogP contribution in [0.4, 0.5) is 4.79 Å². The highest BCUT2D eigenvalue weighted by Crippen LogP contribution is 2.26. The average Bonchev–Trinajstić information content (AvgIpc) is 2.80. The average molecular weight is 547 g/mol. The van der Waals surface area contributed by atoms with Crippen molar-refractivity contribution in [1.82, 2.24) is 15.5 Å². The predicted molar refractivity (Wildman–Crippen MR) is 154 cm³/mol. The molecule has 1 aromatic rings. The van der Waals surface area contributed by atoms with E-state index in [2.05, 4.69) is 17.6 Å². The number of carbonyl (C=O) groups is 4. The number of nitrogens with one attached hydrogen (secondary N) is 2. The Morgan fingerprint density at radius 1 is 0.923 bits per heavy atom. The Bertz CT molecular complexity index is 948. The number of nitrogens with two attached hydrogens (primary N) is 1. The molecule has 39 heavy (non-hydrogen) atoms. The summed E-state index contributed by atoms with van der Waals surface area (Å²) in [4.78, 5) is 53.8. The molecule has 4 amide bonds. The monoisotopic (exact) mass is 546 g/mol. The molecular formula is C30H50N4O5. The molecule has 0 heterocycles. The van der Waals surface area contributed by atoms with E-state index in [1.807, 2.05) is 52.0 Å². The number of primary amides is 1. The molecule has 9 nitrogen and oxygen atoms in total. The number of hydrogen-bond acceptors (Lipinski definition) is 5. The van der Waals surface area contributed by atoms with E-state index >= 15 is 0 Å². The molecule has 1 aromatic carbocycles. The fourth-order valence-corrected chi connectivity index (χ4v) is 4.15. The van der Waals surface area contributed by atoms with Crippen molar-refractivity contribution in [1.29, 1.82) is 0 Å². The first-order valence-corrected chi connectivity index (χ1v) is 14.1. The van der Waals surface area contributed by atoms with Crippen LogP contribution in [0.2, 0.25) is 0 Å². The zero-order valence-corrected chi connectivity index (χ0v) is 25.2. The van der Waals surface area contributed by atoms with Gasteiger partial charge in [-0.05, 0) is 65.5 Å². The number of hydrogen-bond donors (Lipinski definition) is 3. The molecule has 4 N–H and O–H groups in total. The number of benzene rings is 1. The number of rotatable bonds is 14. The predicted octanol–water partition coefficient (Wildman–Crippen LogP) is 4.77. The molecule has 0 radical (unpaired) electrons. The van der Waals surface area contributed by atoms with Gasteiger partial charge in [-0.1, -0.05) is 63.8 Å². The van der Waals surface area contributed by atoms with Crippen LogP contribution in [0, 0.1) is 0 Å². The molecule has 0 bridgehead atoms. The molecule has 0 spiro atoms. The molecule has 9 heteroatoms. The third-order valence-corrected chi connectivity index (χ3v) is 5.94. The molecule has 2 unspecified atom stereocenters. The van der Waals surface area contributed by atoms with Crippen LogP contribution in [0.25, 0.3) is 0 Å². The molecule has 0 fully saturated rings. The fourth-order valence-electron chi connectivity index (χ4n) is 4.15. The Morgan fingerprint density at radius 2 is 1.51 bits per heavy atom. The number of unbranched alkanes of at least 4 members (excludes halogenated alkanes) is 4. The minimum Gasteiger partial charge on any atom is -0.444 e. The van der Waals surface area contributed by atoms with E-state index in [1.54, 1.807) is 20.8 Å². The molecule has 0 aliphatic rings. The molecule has 0 saturated heterocycles. The summed E-state index contributed by atoms with van der Waals surface area (Å²) in [7, 11) is 0. The van der Waals surface area contributed by atoms with Crippen molar-refractivity contribution in [2.45, 2.75) is 124 Å². The van der Waals surface area contributed by atoms with Gasteiger partial charge >= 0.3 is 6.09 Å². The molecule has 0 aromatic heterocycles. The van der Waals surface area contributed by atoms with Crippen molar-refractivity contribution in [3.8, 4) is 0 Å². The number of amides is 4. The lowest BCUT2D eigenvalue weighted by Gasteiger charge is -2.36. The lowest BCUT2D eigenvalue weighted by atomic mass is 9.98. The second-order valence-electron chi connectivity index (χ2n) is 12.1. The van der Waals surface area contributed by atoms with E-state index in [4.69, 9.17) is 10.5 Å². The van der Waals surface area contributed by atoms with Crippen molar-refractivity contribution < 1.29 is 23.9 Å². The second-order valence-corrected chi connectivity index (χ2v) is 12.1. The topological polar surface area (TPSA) is 131 Å². The largest absolute Gasteiger partial charge is 0.444 e. The van der Waals surface area contributed by atoms with Gasteiger partial charge in [0.25, 0.3) is 0 Å². The molecule has 1 rings (SSSR count). The van der Waals surface area contributed by atoms with Gasteiger partial charge in [-0.25, -0.2) is 4.79 Å². The van der Waals surface area contributed by atoms with E-state index in [9.17, 15) is 19.2 Å². The van der Waals surface area contributed by atoms with E-state index < -0.39 is 47.6 Å². The third kappa shape index (κ3) is 13.0. The van der Waals surface area contributed by atoms with Crippen molar-refractivity contribution in [3.63, 3.8) is 0 Å². The van der Waals surface area contributed by atoms with E-state index in [1.165, 1.54) is 4.90 Å². The SMILES string of the molecule is CCCCCCCN(C(=O)C(CC(N)=O)NC(=O)OC(C)(C)C)C(C(=O)NC(C)(C)C)c1ccc(CC)cc1. The number of alkyl carbamates (subject to hydrolysis) is 1. The van der Waals surface area contributed by atoms with Crippen LogP contribution >= 0.6 is 0 Å². The van der Waals surface area contributed by atoms with Gasteiger partial charge in [-0.3, -0.25) is 14.4 Å². The highest BCUT2D eigenvalue weighted by Gasteiger charge is 2.37. The Morgan fingerprint density at radius 3 is 2.00 bits per heavy atom. The van der Waals surface area contributed by atoms with Crippen molar-refractivity contribution in [2.24, 2.45) is 5.73 Å². The fraction of sp³-hybridized carbons (Fsp3) is 0.667. The van der Waals surface area contributed by atoms with Crippen LogP contribution in [-0.4, -0.2) is 52.4 Å². The van der Waals surface area contributed by atoms with Crippen LogP contribution < -0.4 is 16.4 Å². The van der Waals surface area contributed by atoms with Gasteiger partial charge in [0, 0.05) is 12.1 Å². The summed E-state index contributed by atoms with van der Waals surface area (Å²) in [6.45, 7) is 15.2. The van der Waals surface area contributed by atoms with Crippen LogP contribution in [0.1, 0.15) is 111 Å². The normalized spacial score (nSPS) is 13.2. The maximum Gasteiger partial charge on any atom is 0.408 e. The van der Waals surface area contributed by atoms with E-state index in [0.29, 0.717) is 12.0 Å². The Hall–Kier alpha value is -3.10. The lowest BCUT2D eigenvalue weighted by Crippen LogP contribution is -2.55. The highest BCUT2D eigenvalue weighted by molar-refractivity contribution is 5.94. The van der Waals surface area contributed by atoms with Gasteiger partial charge in [-0.2, -0.15) is 0 Å². The highest BCUT2D eigenvalue weighted by atomic mass is 16.6. The summed E-state index contributed by atoms with van der Waals surface area (Å²) < 4.78 is 5.34. The zero-order chi connectivity index (χ0) is 29.8. The van der Waals surface area contributed by atoms with Gasteiger partial charge in [0.05, 0.1) is 6.42 Å². The van der Waals surface area contributed by atoms with E-state index in [-0.39, 0.29) is 12.5 Å². The minimum atomic E-state index is -1.28. The first kappa shape index (κ1) is 33.9. The molecule has 2 atom stereocenters. The van der Waals surface area contributed by atoms with Crippen molar-refractivity contribution in [3.05, 3.63) is 35.4 Å². The molecular weight excluding hydrogens is 496 g/mol. The number of aryl methyl sites for hydroxylation is 1. The summed E-state index contributed by atoms with van der Waals surface area (Å²) in [5.41, 5.74) is 5.86. The molecule has 220 valence electrons. The summed E-state index contributed by atoms with van der Waals surface area (Å²) in [6, 6.07) is 5.34. The van der Waals surface area contributed by atoms with E-state index in [0.717, 1.165) is 37.7 Å². The smallest absolute Gasteiger partial charge is 0.408 e. The number of ether oxygens (including phenoxy) is 1. The van der Waals surface area contributed by atoms with Crippen LogP contribution in [0.3, 0.4) is 0 Å². The zero-order valence-electron chi connectivity index (χ0n) is 25.2. The van der Waals surface area contributed by atoms with Crippen LogP contribution in [0.15, 0.2) is 24.3 Å². The summed E-state index contributed by atoms with van der Waals surface area (Å²) in [5, 5.41) is 5.53. The Kier molecular flexibility index (Phi) is 13.5. The standard InChI is InChI=1S/C30H50N4O5/c1-9-11-12-13-14-19-34(27(37)23(20-24(31)35)32-28(38)39-30(6,7)8)25(26(36)33-29(3,4)5)22-17-15-21(10-2)16-18-22/h15-18,23,25H,9-14,19-20H2,1-8H3,(H2,31,35)(H,32,38)(H,33,36). The quantitative estimate of drug-likeness (QED) is 0.289. The van der Waals surface area contributed by atoms with Gasteiger partial charge in [0.1, 0.15) is 17.7 Å². The van der Waals surface area contributed by atoms with Gasteiger partial charge in [0.15, 0.2) is 0 Å². The van der Waals surface area contributed by atoms with Gasteiger partial charge < -0.3 is 26.0 Å². The Balaban J connectivity index is 3.53. The lowest BCUT2D eigenvalue weighted by molar-refractivity contribution is -0.144. The maximum atomic E-state index is 14.1. The first-order chi connectivity index (χ1) is 18.1. The summed E-state index contributed by atoms with van der Waals surface area (Å²) in [6.07, 6.45) is 4.26. The molecule has 0 saturated carbocycles. The van der Waals surface area contributed by atoms with Crippen LogP contribution in [0.5, 0.6) is 0 Å². The minimum absolute atomic E-state index is 0.269.